The number of hydrogen-bond acceptors (Lipinski definition) is 2. The molecule has 2 rings (SSSR count). The van der Waals surface area contributed by atoms with Crippen LogP contribution in [0.4, 0.5) is 0 Å². The van der Waals surface area contributed by atoms with E-state index in [2.05, 4.69) is 20.8 Å². The Labute approximate surface area is 81.6 Å². The van der Waals surface area contributed by atoms with Crippen LogP contribution in [0.5, 0.6) is 0 Å². The van der Waals surface area contributed by atoms with E-state index in [1.165, 1.54) is 25.7 Å². The molecule has 2 saturated heterocycles. The van der Waals surface area contributed by atoms with Gasteiger partial charge in [-0.2, -0.15) is 0 Å². The SMILES string of the molecule is CC1CCC(C)O1.CC1CCCO1. The Morgan fingerprint density at radius 3 is 1.62 bits per heavy atom. The molecule has 2 aliphatic rings. The lowest BCUT2D eigenvalue weighted by Gasteiger charge is -2.01. The lowest BCUT2D eigenvalue weighted by molar-refractivity contribution is 0.0673. The highest BCUT2D eigenvalue weighted by atomic mass is 16.5. The summed E-state index contributed by atoms with van der Waals surface area (Å²) in [5.74, 6) is 0. The first-order valence-electron chi connectivity index (χ1n) is 5.45. The van der Waals surface area contributed by atoms with Gasteiger partial charge in [0.2, 0.25) is 0 Å². The van der Waals surface area contributed by atoms with E-state index in [1.807, 2.05) is 0 Å². The minimum Gasteiger partial charge on any atom is -0.379 e. The highest BCUT2D eigenvalue weighted by Gasteiger charge is 2.16. The highest BCUT2D eigenvalue weighted by molar-refractivity contribution is 4.64. The normalized spacial score (nSPS) is 38.5. The van der Waals surface area contributed by atoms with Gasteiger partial charge in [0.1, 0.15) is 0 Å². The minimum atomic E-state index is 0.523. The molecule has 0 N–H and O–H groups in total. The predicted molar refractivity (Wildman–Crippen MR) is 53.9 cm³/mol. The van der Waals surface area contributed by atoms with Gasteiger partial charge in [-0.25, -0.2) is 0 Å². The van der Waals surface area contributed by atoms with Crippen LogP contribution < -0.4 is 0 Å². The fourth-order valence-corrected chi connectivity index (χ4v) is 1.74. The number of rotatable bonds is 0. The molecular weight excluding hydrogens is 164 g/mol. The Morgan fingerprint density at radius 1 is 0.846 bits per heavy atom. The zero-order chi connectivity index (χ0) is 9.68. The highest BCUT2D eigenvalue weighted by Crippen LogP contribution is 2.17. The smallest absolute Gasteiger partial charge is 0.0551 e. The van der Waals surface area contributed by atoms with E-state index in [0.717, 1.165) is 6.61 Å². The van der Waals surface area contributed by atoms with Gasteiger partial charge in [0.25, 0.3) is 0 Å². The molecule has 0 aromatic rings. The Kier molecular flexibility index (Phi) is 4.74. The van der Waals surface area contributed by atoms with Gasteiger partial charge in [0.05, 0.1) is 18.3 Å². The van der Waals surface area contributed by atoms with Crippen LogP contribution >= 0.6 is 0 Å². The van der Waals surface area contributed by atoms with Crippen LogP contribution in [0.15, 0.2) is 0 Å². The molecule has 78 valence electrons. The second kappa shape index (κ2) is 5.61. The Balaban J connectivity index is 0.000000132. The maximum absolute atomic E-state index is 5.36. The van der Waals surface area contributed by atoms with Crippen molar-refractivity contribution in [1.29, 1.82) is 0 Å². The summed E-state index contributed by atoms with van der Waals surface area (Å²) < 4.78 is 10.5. The molecule has 2 heteroatoms. The van der Waals surface area contributed by atoms with Crippen molar-refractivity contribution in [3.05, 3.63) is 0 Å². The fraction of sp³-hybridized carbons (Fsp3) is 1.00. The van der Waals surface area contributed by atoms with E-state index in [4.69, 9.17) is 9.47 Å². The second-order valence-electron chi connectivity index (χ2n) is 4.16. The van der Waals surface area contributed by atoms with Crippen LogP contribution in [0.25, 0.3) is 0 Å². The van der Waals surface area contributed by atoms with Crippen LogP contribution in [0.1, 0.15) is 46.5 Å². The van der Waals surface area contributed by atoms with Gasteiger partial charge in [0.15, 0.2) is 0 Å². The van der Waals surface area contributed by atoms with Crippen molar-refractivity contribution in [2.24, 2.45) is 0 Å². The molecule has 2 fully saturated rings. The summed E-state index contributed by atoms with van der Waals surface area (Å²) >= 11 is 0. The van der Waals surface area contributed by atoms with Gasteiger partial charge < -0.3 is 9.47 Å². The molecule has 0 aromatic carbocycles. The molecule has 0 spiro atoms. The zero-order valence-corrected chi connectivity index (χ0v) is 9.08. The largest absolute Gasteiger partial charge is 0.379 e. The predicted octanol–water partition coefficient (Wildman–Crippen LogP) is 2.76. The zero-order valence-electron chi connectivity index (χ0n) is 9.08. The quantitative estimate of drug-likeness (QED) is 0.579. The van der Waals surface area contributed by atoms with Crippen LogP contribution in [0, 0.1) is 0 Å². The summed E-state index contributed by atoms with van der Waals surface area (Å²) in [4.78, 5) is 0. The molecule has 3 atom stereocenters. The molecule has 0 aliphatic carbocycles. The van der Waals surface area contributed by atoms with Crippen molar-refractivity contribution in [2.45, 2.75) is 64.8 Å². The van der Waals surface area contributed by atoms with E-state index < -0.39 is 0 Å². The first-order chi connectivity index (χ1) is 6.18. The molecule has 0 amide bonds. The average molecular weight is 186 g/mol. The van der Waals surface area contributed by atoms with Crippen molar-refractivity contribution in [2.75, 3.05) is 6.61 Å². The first-order valence-corrected chi connectivity index (χ1v) is 5.45. The minimum absolute atomic E-state index is 0.523. The van der Waals surface area contributed by atoms with Crippen LogP contribution in [0.2, 0.25) is 0 Å². The number of hydrogen-bond donors (Lipinski definition) is 0. The summed E-state index contributed by atoms with van der Waals surface area (Å²) in [6, 6.07) is 0. The van der Waals surface area contributed by atoms with E-state index in [1.54, 1.807) is 0 Å². The Morgan fingerprint density at radius 2 is 1.46 bits per heavy atom. The molecule has 2 aliphatic heterocycles. The molecule has 0 bridgehead atoms. The van der Waals surface area contributed by atoms with Gasteiger partial charge >= 0.3 is 0 Å². The molecule has 3 unspecified atom stereocenters. The monoisotopic (exact) mass is 186 g/mol. The lowest BCUT2D eigenvalue weighted by atomic mass is 10.2. The fourth-order valence-electron chi connectivity index (χ4n) is 1.74. The molecule has 0 aromatic heterocycles. The van der Waals surface area contributed by atoms with Gasteiger partial charge in [-0.15, -0.1) is 0 Å². The van der Waals surface area contributed by atoms with Crippen molar-refractivity contribution < 1.29 is 9.47 Å². The van der Waals surface area contributed by atoms with E-state index in [0.29, 0.717) is 18.3 Å². The summed E-state index contributed by atoms with van der Waals surface area (Å²) in [6.45, 7) is 7.36. The third-order valence-electron chi connectivity index (χ3n) is 2.60. The summed E-state index contributed by atoms with van der Waals surface area (Å²) in [7, 11) is 0. The maximum Gasteiger partial charge on any atom is 0.0551 e. The van der Waals surface area contributed by atoms with Crippen molar-refractivity contribution in [3.8, 4) is 0 Å². The molecule has 13 heavy (non-hydrogen) atoms. The topological polar surface area (TPSA) is 18.5 Å². The van der Waals surface area contributed by atoms with Gasteiger partial charge in [-0.3, -0.25) is 0 Å². The van der Waals surface area contributed by atoms with Gasteiger partial charge in [-0.1, -0.05) is 0 Å². The van der Waals surface area contributed by atoms with Gasteiger partial charge in [0, 0.05) is 6.61 Å². The van der Waals surface area contributed by atoms with Crippen molar-refractivity contribution >= 4 is 0 Å². The van der Waals surface area contributed by atoms with E-state index in [9.17, 15) is 0 Å². The second-order valence-corrected chi connectivity index (χ2v) is 4.16. The third-order valence-corrected chi connectivity index (χ3v) is 2.60. The lowest BCUT2D eigenvalue weighted by Crippen LogP contribution is -2.01. The maximum atomic E-state index is 5.36. The first kappa shape index (κ1) is 11.0. The summed E-state index contributed by atoms with van der Waals surface area (Å²) in [6.07, 6.45) is 6.62. The summed E-state index contributed by atoms with van der Waals surface area (Å²) in [5.41, 5.74) is 0. The Hall–Kier alpha value is -0.0800. The van der Waals surface area contributed by atoms with Crippen LogP contribution in [0.3, 0.4) is 0 Å². The molecule has 0 saturated carbocycles. The van der Waals surface area contributed by atoms with Gasteiger partial charge in [-0.05, 0) is 46.5 Å². The Bertz CT molecular complexity index is 122. The average Bonchev–Trinajstić information content (AvgIpc) is 2.64. The van der Waals surface area contributed by atoms with E-state index in [-0.39, 0.29) is 0 Å². The molecule has 0 radical (unpaired) electrons. The van der Waals surface area contributed by atoms with Crippen molar-refractivity contribution in [1.82, 2.24) is 0 Å². The molecule has 2 nitrogen and oxygen atoms in total. The standard InChI is InChI=1S/C6H12O.C5H10O/c1-5-3-4-6(2)7-5;1-5-3-2-4-6-5/h5-6H,3-4H2,1-2H3;5H,2-4H2,1H3. The van der Waals surface area contributed by atoms with Crippen LogP contribution in [-0.2, 0) is 9.47 Å². The van der Waals surface area contributed by atoms with Crippen molar-refractivity contribution in [3.63, 3.8) is 0 Å². The molecular formula is C11H22O2. The molecule has 2 heterocycles. The number of ether oxygens (including phenoxy) is 2. The summed E-state index contributed by atoms with van der Waals surface area (Å²) in [5, 5.41) is 0. The van der Waals surface area contributed by atoms with Crippen LogP contribution in [-0.4, -0.2) is 24.9 Å². The third kappa shape index (κ3) is 4.63. The van der Waals surface area contributed by atoms with E-state index >= 15 is 0 Å².